The van der Waals surface area contributed by atoms with E-state index in [4.69, 9.17) is 47.8 Å². The molecule has 2 aliphatic heterocycles. The van der Waals surface area contributed by atoms with Crippen molar-refractivity contribution in [3.05, 3.63) is 0 Å². The Kier molecular flexibility index (Phi) is 17.0. The minimum atomic E-state index is -5.89. The number of alkyl halides is 2. The van der Waals surface area contributed by atoms with E-state index in [1.165, 1.54) is 28.1 Å². The number of phosphoric ester groups is 1. The molecule has 42 heavy (non-hydrogen) atoms. The lowest BCUT2D eigenvalue weighted by Gasteiger charge is -2.28. The van der Waals surface area contributed by atoms with Crippen molar-refractivity contribution in [3.63, 3.8) is 0 Å². The molecule has 0 radical (unpaired) electrons. The van der Waals surface area contributed by atoms with Gasteiger partial charge in [0.2, 0.25) is 0 Å². The Morgan fingerprint density at radius 3 is 1.48 bits per heavy atom. The van der Waals surface area contributed by atoms with Gasteiger partial charge in [-0.2, -0.15) is 0 Å². The third kappa shape index (κ3) is 13.3. The van der Waals surface area contributed by atoms with E-state index in [1.54, 1.807) is 13.8 Å². The smallest absolute Gasteiger partial charge is 0.478 e. The number of hydrogen-bond donors (Lipinski definition) is 6. The van der Waals surface area contributed by atoms with Gasteiger partial charge in [-0.3, -0.25) is 18.2 Å². The van der Waals surface area contributed by atoms with Crippen LogP contribution in [-0.4, -0.2) is 110 Å². The fraction of sp³-hybridized carbons (Fsp3) is 1.00. The Morgan fingerprint density at radius 2 is 1.24 bits per heavy atom. The number of aliphatic hydroxyl groups excluding tert-OH is 4. The van der Waals surface area contributed by atoms with E-state index in [0.717, 1.165) is 0 Å². The second kappa shape index (κ2) is 16.6. The molecule has 19 nitrogen and oxygen atoms in total. The van der Waals surface area contributed by atoms with Gasteiger partial charge >= 0.3 is 15.4 Å². The molecule has 2 saturated heterocycles. The van der Waals surface area contributed by atoms with Crippen LogP contribution in [0.3, 0.4) is 0 Å². The molecule has 25 heteroatoms. The minimum absolute atomic E-state index is 0.187. The molecule has 0 aromatic rings. The van der Waals surface area contributed by atoms with Gasteiger partial charge in [0.15, 0.2) is 0 Å². The number of halogens is 2. The molecule has 0 saturated carbocycles. The summed E-state index contributed by atoms with van der Waals surface area (Å²) < 4.78 is 73.3. The van der Waals surface area contributed by atoms with Crippen LogP contribution in [0.25, 0.3) is 0 Å². The second-order valence-corrected chi connectivity index (χ2v) is 17.2. The predicted molar refractivity (Wildman–Crippen MR) is 140 cm³/mol. The largest absolute Gasteiger partial charge is 0.756 e. The maximum absolute atomic E-state index is 11.4. The monoisotopic (exact) mass is 738 g/mol. The average Bonchev–Trinajstić information content (AvgIpc) is 3.17. The zero-order valence-corrected chi connectivity index (χ0v) is 28.2. The van der Waals surface area contributed by atoms with Gasteiger partial charge in [0, 0.05) is 14.2 Å². The number of hydrogen-bond acceptors (Lipinski definition) is 17. The molecule has 2 aliphatic rings. The first kappa shape index (κ1) is 42.9. The Morgan fingerprint density at radius 1 is 0.833 bits per heavy atom. The standard InChI is InChI=1S/C7H16ClO12P3.C7H13ClO3.C3H9O4P/c1-4-7(2,8)6(9)5(18-4)3-17-22(13,14)20-23(15,16)19-21(10,11)12;1-4-7(2,8)6(10)5(3-9)11-4;1-6-8(5,3-4)7-2/h4-6,9H,3H2,1-2H3,(H,13,14)(H,15,16)(H2,10,11,12);4-6,9-10H,3H2,1-2H3;4H,3H2,1-2H3/p-2/t2*4-,5+,6+,7-;/m00./s1. The van der Waals surface area contributed by atoms with Crippen LogP contribution in [0.4, 0.5) is 0 Å². The highest BCUT2D eigenvalue weighted by Crippen LogP contribution is 2.63. The molecular weight excluding hydrogens is 703 g/mol. The number of ether oxygens (including phenoxy) is 2. The molecule has 0 aromatic carbocycles. The van der Waals surface area contributed by atoms with Crippen LogP contribution < -0.4 is 9.79 Å². The molecule has 254 valence electrons. The molecule has 0 aliphatic carbocycles. The summed E-state index contributed by atoms with van der Waals surface area (Å²) in [4.78, 5) is 36.7. The summed E-state index contributed by atoms with van der Waals surface area (Å²) in [6.45, 7) is 5.48. The summed E-state index contributed by atoms with van der Waals surface area (Å²) in [7, 11) is -17.7. The summed E-state index contributed by atoms with van der Waals surface area (Å²) in [5.74, 6) is 0. The number of rotatable bonds is 11. The lowest BCUT2D eigenvalue weighted by molar-refractivity contribution is -0.236. The van der Waals surface area contributed by atoms with Crippen molar-refractivity contribution in [3.8, 4) is 0 Å². The summed E-state index contributed by atoms with van der Waals surface area (Å²) >= 11 is 11.9. The van der Waals surface area contributed by atoms with Crippen molar-refractivity contribution >= 4 is 54.3 Å². The van der Waals surface area contributed by atoms with Crippen LogP contribution in [0, 0.1) is 0 Å². The lowest BCUT2D eigenvalue weighted by atomic mass is 9.98. The van der Waals surface area contributed by atoms with Crippen molar-refractivity contribution in [2.75, 3.05) is 33.8 Å². The van der Waals surface area contributed by atoms with Crippen LogP contribution in [0.15, 0.2) is 0 Å². The second-order valence-electron chi connectivity index (χ2n) is 8.97. The molecule has 0 amide bonds. The molecule has 2 heterocycles. The van der Waals surface area contributed by atoms with E-state index in [1.807, 2.05) is 0 Å². The fourth-order valence-electron chi connectivity index (χ4n) is 3.07. The zero-order valence-electron chi connectivity index (χ0n) is 23.1. The molecule has 0 aromatic heterocycles. The quantitative estimate of drug-likeness (QED) is 0.118. The van der Waals surface area contributed by atoms with Crippen molar-refractivity contribution in [2.45, 2.75) is 74.1 Å². The van der Waals surface area contributed by atoms with Crippen LogP contribution in [0.2, 0.25) is 0 Å². The van der Waals surface area contributed by atoms with Gasteiger partial charge in [-0.05, 0) is 27.7 Å². The van der Waals surface area contributed by atoms with E-state index in [0.29, 0.717) is 0 Å². The highest BCUT2D eigenvalue weighted by Gasteiger charge is 2.51. The van der Waals surface area contributed by atoms with Crippen LogP contribution in [0.1, 0.15) is 27.7 Å². The van der Waals surface area contributed by atoms with E-state index in [9.17, 15) is 43.2 Å². The van der Waals surface area contributed by atoms with Crippen LogP contribution in [-0.2, 0) is 49.9 Å². The summed E-state index contributed by atoms with van der Waals surface area (Å²) in [5, 5.41) is 36.4. The highest BCUT2D eigenvalue weighted by molar-refractivity contribution is 7.65. The maximum Gasteiger partial charge on any atom is 0.478 e. The molecule has 3 unspecified atom stereocenters. The Labute approximate surface area is 251 Å². The first-order valence-corrected chi connectivity index (χ1v) is 18.4. The fourth-order valence-corrected chi connectivity index (χ4v) is 6.77. The summed E-state index contributed by atoms with van der Waals surface area (Å²) in [5.41, 5.74) is 0. The Bertz CT molecular complexity index is 1020. The van der Waals surface area contributed by atoms with Gasteiger partial charge in [0.1, 0.15) is 30.8 Å². The molecule has 2 fully saturated rings. The van der Waals surface area contributed by atoms with E-state index in [-0.39, 0.29) is 12.7 Å². The van der Waals surface area contributed by atoms with E-state index >= 15 is 0 Å². The van der Waals surface area contributed by atoms with Gasteiger partial charge < -0.3 is 58.5 Å². The maximum atomic E-state index is 11.4. The Balaban J connectivity index is 0.000000726. The summed E-state index contributed by atoms with van der Waals surface area (Å²) in [6.07, 6.45) is -5.25. The van der Waals surface area contributed by atoms with Gasteiger partial charge in [-0.1, -0.05) is 0 Å². The predicted octanol–water partition coefficient (Wildman–Crippen LogP) is -0.242. The topological polar surface area (TPSA) is 300 Å². The van der Waals surface area contributed by atoms with Gasteiger partial charge in [0.25, 0.3) is 15.6 Å². The van der Waals surface area contributed by atoms with E-state index in [2.05, 4.69) is 22.2 Å². The van der Waals surface area contributed by atoms with Crippen molar-refractivity contribution in [1.29, 1.82) is 0 Å². The molecule has 0 bridgehead atoms. The van der Waals surface area contributed by atoms with Gasteiger partial charge in [0.05, 0.1) is 35.2 Å². The van der Waals surface area contributed by atoms with Crippen molar-refractivity contribution < 1.29 is 89.9 Å². The third-order valence-electron chi connectivity index (χ3n) is 5.93. The van der Waals surface area contributed by atoms with Crippen molar-refractivity contribution in [2.24, 2.45) is 0 Å². The van der Waals surface area contributed by atoms with Crippen LogP contribution in [0.5, 0.6) is 0 Å². The van der Waals surface area contributed by atoms with Crippen molar-refractivity contribution in [1.82, 2.24) is 0 Å². The van der Waals surface area contributed by atoms with Gasteiger partial charge in [-0.25, -0.2) is 13.2 Å². The van der Waals surface area contributed by atoms with E-state index < -0.39 is 84.3 Å². The SMILES string of the molecule is COP(=O)(CO)OC.C[C@@H]1O[C@H](CO)[C@@H](O)[C@@]1(C)Cl.C[C@@H]1O[C@H](COP(=O)(O)OP(=O)([O-])OP(=O)([O-])O)[C@@H](O)[C@@]1(C)Cl. The first-order chi connectivity index (χ1) is 18.7. The number of phosphoric acid groups is 3. The number of aliphatic hydroxyl groups is 4. The lowest BCUT2D eigenvalue weighted by Crippen LogP contribution is -2.40. The normalized spacial score (nSPS) is 37.3. The third-order valence-corrected chi connectivity index (χ3v) is 12.2. The highest BCUT2D eigenvalue weighted by atomic mass is 35.5. The van der Waals surface area contributed by atoms with Gasteiger partial charge in [-0.15, -0.1) is 23.2 Å². The molecule has 0 spiro atoms. The summed E-state index contributed by atoms with van der Waals surface area (Å²) in [6, 6.07) is 0. The Hall–Kier alpha value is 0.900. The molecular formula is C17H36Cl2O19P4-2. The molecule has 2 rings (SSSR count). The average molecular weight is 739 g/mol. The minimum Gasteiger partial charge on any atom is -0.756 e. The first-order valence-electron chi connectivity index (χ1n) is 11.5. The molecule has 11 atom stereocenters. The van der Waals surface area contributed by atoms with Crippen LogP contribution >= 0.6 is 54.3 Å². The molecule has 6 N–H and O–H groups in total. The zero-order chi connectivity index (χ0) is 33.5.